The number of pyridine rings is 1. The maximum atomic E-state index is 13.4. The molecular weight excluding hydrogens is 410 g/mol. The van der Waals surface area contributed by atoms with E-state index in [-0.39, 0.29) is 5.43 Å². The molecule has 2 aromatic rings. The molecule has 1 aromatic heterocycles. The number of hydrogen-bond acceptors (Lipinski definition) is 3. The minimum atomic E-state index is -0.0381. The number of aryl methyl sites for hydroxylation is 1. The fraction of sp³-hybridized carbons (Fsp3) is 0.690. The van der Waals surface area contributed by atoms with Crippen LogP contribution in [0.1, 0.15) is 111 Å². The van der Waals surface area contributed by atoms with E-state index >= 15 is 0 Å². The molecule has 0 amide bonds. The van der Waals surface area contributed by atoms with Crippen molar-refractivity contribution < 1.29 is 9.47 Å². The molecule has 0 unspecified atom stereocenters. The molecule has 0 aliphatic heterocycles. The van der Waals surface area contributed by atoms with E-state index in [4.69, 9.17) is 9.47 Å². The highest BCUT2D eigenvalue weighted by Crippen LogP contribution is 2.30. The molecule has 4 nitrogen and oxygen atoms in total. The fourth-order valence-corrected chi connectivity index (χ4v) is 4.30. The molecule has 33 heavy (non-hydrogen) atoms. The van der Waals surface area contributed by atoms with Crippen LogP contribution >= 0.6 is 0 Å². The first-order valence-corrected chi connectivity index (χ1v) is 13.7. The van der Waals surface area contributed by atoms with Crippen molar-refractivity contribution in [3.8, 4) is 11.6 Å². The number of para-hydroxylation sites is 1. The first-order chi connectivity index (χ1) is 16.2. The van der Waals surface area contributed by atoms with Crippen molar-refractivity contribution in [1.29, 1.82) is 0 Å². The van der Waals surface area contributed by atoms with E-state index in [0.717, 1.165) is 49.6 Å². The second-order valence-electron chi connectivity index (χ2n) is 9.22. The molecule has 2 rings (SSSR count). The number of rotatable bonds is 19. The highest BCUT2D eigenvalue weighted by Gasteiger charge is 2.19. The van der Waals surface area contributed by atoms with E-state index < -0.39 is 0 Å². The maximum Gasteiger partial charge on any atom is 0.241 e. The normalized spacial score (nSPS) is 11.2. The Hall–Kier alpha value is -1.97. The predicted octanol–water partition coefficient (Wildman–Crippen LogP) is 8.28. The van der Waals surface area contributed by atoms with Crippen molar-refractivity contribution in [2.75, 3.05) is 13.2 Å². The van der Waals surface area contributed by atoms with Gasteiger partial charge in [0.1, 0.15) is 0 Å². The van der Waals surface area contributed by atoms with Crippen LogP contribution in [0, 0.1) is 0 Å². The number of nitrogens with zero attached hydrogens (tertiary/aromatic N) is 1. The largest absolute Gasteiger partial charge is 0.485 e. The molecule has 0 bridgehead atoms. The van der Waals surface area contributed by atoms with Gasteiger partial charge in [0.15, 0.2) is 0 Å². The second-order valence-corrected chi connectivity index (χ2v) is 9.22. The van der Waals surface area contributed by atoms with Crippen molar-refractivity contribution in [2.24, 2.45) is 0 Å². The Balaban J connectivity index is 2.27. The topological polar surface area (TPSA) is 40.5 Å². The average Bonchev–Trinajstić information content (AvgIpc) is 2.84. The Kier molecular flexibility index (Phi) is 13.7. The third kappa shape index (κ3) is 9.06. The quantitative estimate of drug-likeness (QED) is 0.199. The lowest BCUT2D eigenvalue weighted by atomic mass is 10.1. The summed E-state index contributed by atoms with van der Waals surface area (Å²) in [5.74, 6) is 1.05. The van der Waals surface area contributed by atoms with Crippen LogP contribution in [0.4, 0.5) is 0 Å². The van der Waals surface area contributed by atoms with Gasteiger partial charge in [-0.25, -0.2) is 0 Å². The number of aromatic nitrogens is 1. The van der Waals surface area contributed by atoms with E-state index in [1.165, 1.54) is 57.8 Å². The molecule has 0 saturated carbocycles. The fourth-order valence-electron chi connectivity index (χ4n) is 4.30. The number of ether oxygens (including phenoxy) is 2. The van der Waals surface area contributed by atoms with Gasteiger partial charge in [0, 0.05) is 11.9 Å². The van der Waals surface area contributed by atoms with E-state index in [1.54, 1.807) is 0 Å². The van der Waals surface area contributed by atoms with Gasteiger partial charge in [0.25, 0.3) is 0 Å². The number of hydrogen-bond donors (Lipinski definition) is 0. The minimum Gasteiger partial charge on any atom is -0.485 e. The van der Waals surface area contributed by atoms with Crippen molar-refractivity contribution in [1.82, 2.24) is 4.57 Å². The van der Waals surface area contributed by atoms with Crippen LogP contribution in [-0.4, -0.2) is 17.8 Å². The lowest BCUT2D eigenvalue weighted by molar-refractivity contribution is 0.238. The lowest BCUT2D eigenvalue weighted by Gasteiger charge is -2.21. The molecule has 0 aliphatic rings. The Morgan fingerprint density at radius 1 is 0.667 bits per heavy atom. The number of benzene rings is 1. The SMILES string of the molecule is CCCCCCCCn1c(OCCCCCC)c(OCCCCCC)c(=O)c2ccccc21. The Morgan fingerprint density at radius 2 is 1.21 bits per heavy atom. The van der Waals surface area contributed by atoms with E-state index in [0.29, 0.717) is 24.8 Å². The first kappa shape index (κ1) is 27.3. The van der Waals surface area contributed by atoms with Gasteiger partial charge in [0.05, 0.1) is 18.7 Å². The minimum absolute atomic E-state index is 0.0381. The monoisotopic (exact) mass is 457 g/mol. The summed E-state index contributed by atoms with van der Waals surface area (Å²) in [6.07, 6.45) is 16.5. The van der Waals surface area contributed by atoms with Crippen molar-refractivity contribution in [3.63, 3.8) is 0 Å². The van der Waals surface area contributed by atoms with Crippen LogP contribution in [0.25, 0.3) is 10.9 Å². The molecule has 0 atom stereocenters. The van der Waals surface area contributed by atoms with Crippen LogP contribution in [0.15, 0.2) is 29.1 Å². The van der Waals surface area contributed by atoms with E-state index in [2.05, 4.69) is 25.3 Å². The molecule has 186 valence electrons. The Labute approximate surface area is 201 Å². The summed E-state index contributed by atoms with van der Waals surface area (Å²) >= 11 is 0. The Morgan fingerprint density at radius 3 is 1.88 bits per heavy atom. The van der Waals surface area contributed by atoms with Gasteiger partial charge in [-0.15, -0.1) is 0 Å². The zero-order valence-corrected chi connectivity index (χ0v) is 21.5. The molecule has 4 heteroatoms. The van der Waals surface area contributed by atoms with Gasteiger partial charge in [-0.1, -0.05) is 104 Å². The van der Waals surface area contributed by atoms with Crippen LogP contribution < -0.4 is 14.9 Å². The summed E-state index contributed by atoms with van der Waals surface area (Å²) in [6, 6.07) is 7.91. The van der Waals surface area contributed by atoms with Crippen LogP contribution in [-0.2, 0) is 6.54 Å². The third-order valence-corrected chi connectivity index (χ3v) is 6.30. The Bertz CT molecular complexity index is 843. The zero-order chi connectivity index (χ0) is 23.7. The van der Waals surface area contributed by atoms with Crippen LogP contribution in [0.3, 0.4) is 0 Å². The smallest absolute Gasteiger partial charge is 0.241 e. The van der Waals surface area contributed by atoms with Gasteiger partial charge in [-0.2, -0.15) is 0 Å². The molecule has 0 spiro atoms. The highest BCUT2D eigenvalue weighted by atomic mass is 16.5. The van der Waals surface area contributed by atoms with Gasteiger partial charge < -0.3 is 14.0 Å². The molecular formula is C29H47NO3. The summed E-state index contributed by atoms with van der Waals surface area (Å²) in [4.78, 5) is 13.4. The van der Waals surface area contributed by atoms with E-state index in [1.807, 2.05) is 24.3 Å². The summed E-state index contributed by atoms with van der Waals surface area (Å²) in [7, 11) is 0. The van der Waals surface area contributed by atoms with E-state index in [9.17, 15) is 4.79 Å². The molecule has 0 N–H and O–H groups in total. The standard InChI is InChI=1S/C29H47NO3/c1-4-7-10-13-14-17-22-30-26-21-16-15-20-25(26)27(31)28(32-23-18-11-8-5-2)29(30)33-24-19-12-9-6-3/h15-16,20-21H,4-14,17-19,22-24H2,1-3H3. The summed E-state index contributed by atoms with van der Waals surface area (Å²) in [5, 5.41) is 0.727. The molecule has 0 aliphatic carbocycles. The summed E-state index contributed by atoms with van der Waals surface area (Å²) in [5.41, 5.74) is 0.918. The molecule has 1 heterocycles. The maximum absolute atomic E-state index is 13.4. The predicted molar refractivity (Wildman–Crippen MR) is 141 cm³/mol. The van der Waals surface area contributed by atoms with Crippen molar-refractivity contribution >= 4 is 10.9 Å². The zero-order valence-electron chi connectivity index (χ0n) is 21.5. The lowest BCUT2D eigenvalue weighted by Crippen LogP contribution is -2.19. The summed E-state index contributed by atoms with van der Waals surface area (Å²) < 4.78 is 14.7. The molecule has 0 fully saturated rings. The molecule has 0 saturated heterocycles. The first-order valence-electron chi connectivity index (χ1n) is 13.7. The third-order valence-electron chi connectivity index (χ3n) is 6.30. The van der Waals surface area contributed by atoms with Crippen LogP contribution in [0.2, 0.25) is 0 Å². The van der Waals surface area contributed by atoms with Gasteiger partial charge >= 0.3 is 0 Å². The highest BCUT2D eigenvalue weighted by molar-refractivity contribution is 5.81. The number of fused-ring (bicyclic) bond motifs is 1. The van der Waals surface area contributed by atoms with Gasteiger partial charge in [-0.05, 0) is 31.4 Å². The second kappa shape index (κ2) is 16.6. The summed E-state index contributed by atoms with van der Waals surface area (Å²) in [6.45, 7) is 8.71. The van der Waals surface area contributed by atoms with Crippen LogP contribution in [0.5, 0.6) is 11.6 Å². The van der Waals surface area contributed by atoms with Gasteiger partial charge in [0.2, 0.25) is 17.1 Å². The molecule has 0 radical (unpaired) electrons. The van der Waals surface area contributed by atoms with Gasteiger partial charge in [-0.3, -0.25) is 4.79 Å². The van der Waals surface area contributed by atoms with Crippen molar-refractivity contribution in [2.45, 2.75) is 117 Å². The number of unbranched alkanes of at least 4 members (excludes halogenated alkanes) is 11. The van der Waals surface area contributed by atoms with Crippen molar-refractivity contribution in [3.05, 3.63) is 34.5 Å². The molecule has 1 aromatic carbocycles. The average molecular weight is 458 g/mol.